The summed E-state index contributed by atoms with van der Waals surface area (Å²) >= 11 is 0. The molecule has 0 saturated heterocycles. The second-order valence-corrected chi connectivity index (χ2v) is 5.92. The van der Waals surface area contributed by atoms with E-state index in [1.54, 1.807) is 0 Å². The fourth-order valence-electron chi connectivity index (χ4n) is 3.10. The zero-order chi connectivity index (χ0) is 13.6. The third-order valence-electron chi connectivity index (χ3n) is 4.30. The zero-order valence-corrected chi connectivity index (χ0v) is 31.3. The van der Waals surface area contributed by atoms with Crippen LogP contribution >= 0.6 is 0 Å². The van der Waals surface area contributed by atoms with Gasteiger partial charge < -0.3 is 6.42 Å². The van der Waals surface area contributed by atoms with E-state index in [9.17, 15) is 0 Å². The molecule has 0 aliphatic heterocycles. The van der Waals surface area contributed by atoms with Crippen molar-refractivity contribution < 1.29 is 110 Å². The molecule has 1 aliphatic rings. The monoisotopic (exact) mass is 751 g/mol. The van der Waals surface area contributed by atoms with Crippen molar-refractivity contribution in [3.63, 3.8) is 0 Å². The number of hydrogen-bond acceptors (Lipinski definition) is 0. The molecule has 0 N–H and O–H groups in total. The van der Waals surface area contributed by atoms with E-state index in [-0.39, 0.29) is 169 Å². The van der Waals surface area contributed by atoms with Crippen LogP contribution in [0.2, 0.25) is 0 Å². The molecular weight excluding hydrogens is 729 g/mol. The smallest absolute Gasteiger partial charge is 0 e. The van der Waals surface area contributed by atoms with Gasteiger partial charge in [0, 0.05) is 169 Å². The summed E-state index contributed by atoms with van der Waals surface area (Å²) in [5, 5.41) is 0. The second-order valence-electron chi connectivity index (χ2n) is 5.92. The minimum atomic E-state index is 0. The largest absolute Gasteiger partial charge is 0.328 e. The molecule has 0 bridgehead atoms. The van der Waals surface area contributed by atoms with Gasteiger partial charge in [-0.3, -0.25) is 0 Å². The Morgan fingerprint density at radius 2 is 1.33 bits per heavy atom. The average Bonchev–Trinajstić information content (AvgIpc) is 2.51. The van der Waals surface area contributed by atoms with Crippen LogP contribution in [0.25, 0.3) is 0 Å². The summed E-state index contributed by atoms with van der Waals surface area (Å²) < 4.78 is 0. The van der Waals surface area contributed by atoms with E-state index >= 15 is 0 Å². The van der Waals surface area contributed by atoms with Crippen LogP contribution in [0.1, 0.15) is 42.4 Å². The summed E-state index contributed by atoms with van der Waals surface area (Å²) in [4.78, 5) is 0. The molecule has 0 heterocycles. The first-order valence-electron chi connectivity index (χ1n) is 7.74. The van der Waals surface area contributed by atoms with E-state index in [1.165, 1.54) is 48.8 Å². The van der Waals surface area contributed by atoms with Gasteiger partial charge in [-0.1, -0.05) is 37.1 Å². The molecule has 0 aromatic heterocycles. The first-order valence-corrected chi connectivity index (χ1v) is 7.74. The molecule has 4 heteroatoms. The predicted molar refractivity (Wildman–Crippen MR) is 90.2 cm³/mol. The Balaban J connectivity index is 0. The van der Waals surface area contributed by atoms with E-state index in [1.807, 2.05) is 12.1 Å². The van der Waals surface area contributed by atoms with Crippen molar-refractivity contribution >= 4 is 58.2 Å². The molecule has 2 aromatic carbocycles. The third-order valence-corrected chi connectivity index (χ3v) is 4.30. The van der Waals surface area contributed by atoms with Gasteiger partial charge in [0.05, 0.1) is 0 Å². The van der Waals surface area contributed by atoms with Gasteiger partial charge in [0.1, 0.15) is 0 Å². The predicted octanol–water partition coefficient (Wildman–Crippen LogP) is 4.63. The summed E-state index contributed by atoms with van der Waals surface area (Å²) in [5.74, 6) is 0.899. The maximum atomic E-state index is 3.07. The molecule has 2 aromatic rings. The Morgan fingerprint density at radius 1 is 0.833 bits per heavy atom. The van der Waals surface area contributed by atoms with Crippen molar-refractivity contribution in [1.82, 2.24) is 0 Å². The SMILES string of the molecule is [Ra].[Rb].[Y].[Y].[c-]1ccc(Cc2ccc(CC3CC[CH-]CC3)cc2)cc1. The van der Waals surface area contributed by atoms with Gasteiger partial charge in [-0.05, 0) is 29.9 Å². The Bertz CT molecular complexity index is 525. The van der Waals surface area contributed by atoms with Crippen LogP contribution in [0.4, 0.5) is 0 Å². The molecule has 113 valence electrons. The van der Waals surface area contributed by atoms with Gasteiger partial charge in [-0.2, -0.15) is 48.7 Å². The van der Waals surface area contributed by atoms with Crippen molar-refractivity contribution in [2.45, 2.75) is 38.5 Å². The maximum absolute atomic E-state index is 3.07. The van der Waals surface area contributed by atoms with Crippen molar-refractivity contribution in [1.29, 1.82) is 0 Å². The second kappa shape index (κ2) is 17.8. The van der Waals surface area contributed by atoms with Gasteiger partial charge in [0.15, 0.2) is 0 Å². The van der Waals surface area contributed by atoms with Crippen LogP contribution in [0.3, 0.4) is 0 Å². The van der Waals surface area contributed by atoms with E-state index in [4.69, 9.17) is 0 Å². The molecule has 1 fully saturated rings. The molecule has 24 heavy (non-hydrogen) atoms. The molecule has 0 amide bonds. The topological polar surface area (TPSA) is 0 Å². The van der Waals surface area contributed by atoms with E-state index < -0.39 is 0 Å². The molecule has 1 saturated carbocycles. The molecule has 5 radical (unpaired) electrons. The van der Waals surface area contributed by atoms with Crippen LogP contribution in [-0.2, 0) is 78.3 Å². The van der Waals surface area contributed by atoms with Crippen LogP contribution in [0, 0.1) is 63.4 Å². The fraction of sp³-hybridized carbons (Fsp3) is 0.350. The normalized spacial score (nSPS) is 13.5. The van der Waals surface area contributed by atoms with Crippen LogP contribution in [0.5, 0.6) is 0 Å². The minimum absolute atomic E-state index is 0. The van der Waals surface area contributed by atoms with Crippen LogP contribution in [0.15, 0.2) is 48.5 Å². The summed E-state index contributed by atoms with van der Waals surface area (Å²) in [5.41, 5.74) is 4.26. The molecule has 0 nitrogen and oxygen atoms in total. The van der Waals surface area contributed by atoms with Crippen LogP contribution < -0.4 is 0 Å². The number of rotatable bonds is 4. The molecule has 0 spiro atoms. The third kappa shape index (κ3) is 11.2. The summed E-state index contributed by atoms with van der Waals surface area (Å²) in [6, 6.07) is 20.6. The van der Waals surface area contributed by atoms with Crippen molar-refractivity contribution in [2.24, 2.45) is 5.92 Å². The molecular formula is C20H22RaRbY2-2. The van der Waals surface area contributed by atoms with E-state index in [2.05, 4.69) is 48.9 Å². The van der Waals surface area contributed by atoms with Gasteiger partial charge in [0.25, 0.3) is 0 Å². The van der Waals surface area contributed by atoms with Gasteiger partial charge >= 0.3 is 0 Å². The van der Waals surface area contributed by atoms with E-state index in [0.29, 0.717) is 0 Å². The molecule has 3 rings (SSSR count). The van der Waals surface area contributed by atoms with Crippen molar-refractivity contribution in [2.75, 3.05) is 0 Å². The summed E-state index contributed by atoms with van der Waals surface area (Å²) in [6.45, 7) is 0. The van der Waals surface area contributed by atoms with Gasteiger partial charge in [0.2, 0.25) is 0 Å². The first kappa shape index (κ1) is 30.1. The number of benzene rings is 2. The summed E-state index contributed by atoms with van der Waals surface area (Å²) in [6.07, 6.45) is 10.1. The molecule has 0 unspecified atom stereocenters. The first-order chi connectivity index (χ1) is 9.90. The maximum Gasteiger partial charge on any atom is 0 e. The van der Waals surface area contributed by atoms with Crippen molar-refractivity contribution in [3.8, 4) is 0 Å². The minimum Gasteiger partial charge on any atom is -0.328 e. The zero-order valence-electron chi connectivity index (χ0n) is 14.9. The van der Waals surface area contributed by atoms with Crippen LogP contribution in [-0.4, -0.2) is 58.2 Å². The average molecular weight is 752 g/mol. The quantitative estimate of drug-likeness (QED) is 0.401. The van der Waals surface area contributed by atoms with Crippen molar-refractivity contribution in [3.05, 3.63) is 77.7 Å². The van der Waals surface area contributed by atoms with Gasteiger partial charge in [-0.15, -0.1) is 0 Å². The molecule has 1 aliphatic carbocycles. The van der Waals surface area contributed by atoms with Gasteiger partial charge in [-0.25, -0.2) is 0 Å². The Labute approximate surface area is 283 Å². The Kier molecular flexibility index (Phi) is 22.3. The summed E-state index contributed by atoms with van der Waals surface area (Å²) in [7, 11) is 0. The Morgan fingerprint density at radius 3 is 1.92 bits per heavy atom. The molecule has 0 atom stereocenters. The number of hydrogen-bond donors (Lipinski definition) is 0. The standard InChI is InChI=1S/C20H22.Ra.Rb.2Y/c1-3-7-17(8-4-1)15-19-11-13-20(14-12-19)16-18-9-5-2-6-10-18;;;;/h1,5-6,9-14,17H,3-4,7-8,15-16H2;;;;/q-2;;;;. The van der Waals surface area contributed by atoms with E-state index in [0.717, 1.165) is 12.3 Å². The Hall–Kier alpha value is 3.92. The fourth-order valence-corrected chi connectivity index (χ4v) is 3.10.